The second-order valence-corrected chi connectivity index (χ2v) is 6.64. The summed E-state index contributed by atoms with van der Waals surface area (Å²) < 4.78 is 5.30. The average Bonchev–Trinajstić information content (AvgIpc) is 2.60. The number of aromatic nitrogens is 1. The van der Waals surface area contributed by atoms with Gasteiger partial charge in [0.25, 0.3) is 0 Å². The highest BCUT2D eigenvalue weighted by molar-refractivity contribution is 6.30. The maximum Gasteiger partial charge on any atom is 0.312 e. The molecule has 2 aromatic rings. The summed E-state index contributed by atoms with van der Waals surface area (Å²) in [7, 11) is 0. The minimum absolute atomic E-state index is 0.108. The van der Waals surface area contributed by atoms with E-state index in [-0.39, 0.29) is 12.6 Å². The van der Waals surface area contributed by atoms with Crippen LogP contribution in [0.2, 0.25) is 5.15 Å². The molecule has 0 bridgehead atoms. The molecule has 0 atom stereocenters. The van der Waals surface area contributed by atoms with Crippen LogP contribution in [0.4, 0.5) is 4.79 Å². The molecule has 0 saturated carbocycles. The number of hydrogen-bond acceptors (Lipinski definition) is 4. The number of nitrogens with two attached hydrogens (primary N) is 1. The van der Waals surface area contributed by atoms with Gasteiger partial charge in [-0.3, -0.25) is 4.79 Å². The number of hydrogen-bond donors (Lipinski definition) is 2. The average molecular weight is 378 g/mol. The summed E-state index contributed by atoms with van der Waals surface area (Å²) in [5.41, 5.74) is 8.79. The molecular weight excluding hydrogens is 354 g/mol. The summed E-state index contributed by atoms with van der Waals surface area (Å²) in [6.07, 6.45) is 2.61. The van der Waals surface area contributed by atoms with Gasteiger partial charge in [-0.1, -0.05) is 30.2 Å². The Morgan fingerprint density at radius 1 is 1.23 bits per heavy atom. The highest BCUT2D eigenvalue weighted by atomic mass is 35.5. The van der Waals surface area contributed by atoms with Crippen molar-refractivity contribution in [1.29, 1.82) is 0 Å². The number of ether oxygens (including phenoxy) is 1. The van der Waals surface area contributed by atoms with Crippen molar-refractivity contribution >= 4 is 34.5 Å². The van der Waals surface area contributed by atoms with Crippen LogP contribution in [-0.2, 0) is 16.1 Å². The maximum atomic E-state index is 11.9. The summed E-state index contributed by atoms with van der Waals surface area (Å²) in [4.78, 5) is 26.8. The van der Waals surface area contributed by atoms with Gasteiger partial charge in [0.15, 0.2) is 0 Å². The number of pyridine rings is 1. The number of rotatable bonds is 8. The molecule has 3 N–H and O–H groups in total. The molecule has 2 rings (SSSR count). The van der Waals surface area contributed by atoms with Crippen LogP contribution < -0.4 is 11.1 Å². The van der Waals surface area contributed by atoms with E-state index >= 15 is 0 Å². The fourth-order valence-corrected chi connectivity index (χ4v) is 2.81. The number of nitrogens with zero attached hydrogens (tertiary/aromatic N) is 1. The van der Waals surface area contributed by atoms with Crippen molar-refractivity contribution < 1.29 is 14.3 Å². The number of primary amides is 1. The van der Waals surface area contributed by atoms with Crippen LogP contribution in [0, 0.1) is 13.8 Å². The lowest BCUT2D eigenvalue weighted by molar-refractivity contribution is -0.145. The Kier molecular flexibility index (Phi) is 7.21. The highest BCUT2D eigenvalue weighted by Crippen LogP contribution is 2.25. The summed E-state index contributed by atoms with van der Waals surface area (Å²) in [5, 5.41) is 3.84. The van der Waals surface area contributed by atoms with Crippen molar-refractivity contribution in [2.45, 2.75) is 46.1 Å². The first-order chi connectivity index (χ1) is 12.4. The zero-order valence-electron chi connectivity index (χ0n) is 15.1. The zero-order chi connectivity index (χ0) is 19.1. The third kappa shape index (κ3) is 5.59. The Morgan fingerprint density at radius 2 is 2.00 bits per heavy atom. The zero-order valence-corrected chi connectivity index (χ0v) is 15.9. The molecule has 0 aliphatic heterocycles. The van der Waals surface area contributed by atoms with Crippen LogP contribution in [0.15, 0.2) is 18.2 Å². The third-order valence-electron chi connectivity index (χ3n) is 4.28. The first-order valence-electron chi connectivity index (χ1n) is 8.62. The number of carbonyl (C=O) groups excluding carboxylic acids is 2. The molecule has 140 valence electrons. The number of aryl methyl sites for hydroxylation is 2. The van der Waals surface area contributed by atoms with Gasteiger partial charge < -0.3 is 15.8 Å². The van der Waals surface area contributed by atoms with Crippen molar-refractivity contribution in [1.82, 2.24) is 10.3 Å². The monoisotopic (exact) mass is 377 g/mol. The number of carbonyl (C=O) groups is 2. The normalized spacial score (nSPS) is 10.7. The molecule has 1 aromatic carbocycles. The molecule has 0 aliphatic rings. The van der Waals surface area contributed by atoms with E-state index in [0.717, 1.165) is 34.9 Å². The molecule has 0 saturated heterocycles. The predicted octanol–water partition coefficient (Wildman–Crippen LogP) is 3.78. The topological polar surface area (TPSA) is 94.3 Å². The number of halogens is 1. The second-order valence-electron chi connectivity index (χ2n) is 6.28. The van der Waals surface area contributed by atoms with Crippen LogP contribution in [0.5, 0.6) is 0 Å². The molecule has 0 radical (unpaired) electrons. The quantitative estimate of drug-likeness (QED) is 0.416. The number of urea groups is 1. The van der Waals surface area contributed by atoms with Gasteiger partial charge in [-0.2, -0.15) is 0 Å². The Balaban J connectivity index is 1.83. The number of unbranched alkanes of at least 4 members (excludes halogenated alkanes) is 2. The smallest absolute Gasteiger partial charge is 0.312 e. The molecule has 1 heterocycles. The van der Waals surface area contributed by atoms with Gasteiger partial charge in [-0.25, -0.2) is 9.78 Å². The molecule has 1 aromatic heterocycles. The predicted molar refractivity (Wildman–Crippen MR) is 102 cm³/mol. The van der Waals surface area contributed by atoms with E-state index in [2.05, 4.69) is 10.3 Å². The molecule has 7 heteroatoms. The summed E-state index contributed by atoms with van der Waals surface area (Å²) in [5.74, 6) is -0.274. The van der Waals surface area contributed by atoms with Gasteiger partial charge in [0.2, 0.25) is 0 Å². The van der Waals surface area contributed by atoms with Crippen molar-refractivity contribution in [2.24, 2.45) is 5.73 Å². The minimum Gasteiger partial charge on any atom is -0.461 e. The second kappa shape index (κ2) is 9.38. The van der Waals surface area contributed by atoms with Crippen molar-refractivity contribution in [3.05, 3.63) is 40.0 Å². The van der Waals surface area contributed by atoms with E-state index in [9.17, 15) is 9.59 Å². The van der Waals surface area contributed by atoms with Crippen LogP contribution in [0.3, 0.4) is 0 Å². The van der Waals surface area contributed by atoms with Gasteiger partial charge in [0, 0.05) is 23.9 Å². The van der Waals surface area contributed by atoms with Crippen molar-refractivity contribution in [2.75, 3.05) is 6.54 Å². The van der Waals surface area contributed by atoms with E-state index in [0.29, 0.717) is 30.1 Å². The minimum atomic E-state index is -0.532. The van der Waals surface area contributed by atoms with Gasteiger partial charge >= 0.3 is 12.0 Å². The molecule has 0 unspecified atom stereocenters. The van der Waals surface area contributed by atoms with Gasteiger partial charge in [0.1, 0.15) is 11.8 Å². The molecule has 6 nitrogen and oxygen atoms in total. The number of fused-ring (bicyclic) bond motifs is 1. The maximum absolute atomic E-state index is 11.9. The molecule has 2 amide bonds. The lowest BCUT2D eigenvalue weighted by atomic mass is 10.0. The van der Waals surface area contributed by atoms with Crippen LogP contribution in [-0.4, -0.2) is 23.5 Å². The molecule has 0 fully saturated rings. The molecule has 0 spiro atoms. The van der Waals surface area contributed by atoms with E-state index in [1.165, 1.54) is 0 Å². The molecule has 0 aliphatic carbocycles. The van der Waals surface area contributed by atoms with Crippen LogP contribution >= 0.6 is 11.6 Å². The van der Waals surface area contributed by atoms with Crippen molar-refractivity contribution in [3.8, 4) is 0 Å². The fourth-order valence-electron chi connectivity index (χ4n) is 2.62. The Morgan fingerprint density at radius 3 is 2.73 bits per heavy atom. The first kappa shape index (κ1) is 20.0. The lowest BCUT2D eigenvalue weighted by Crippen LogP contribution is -2.29. The Labute approximate surface area is 158 Å². The van der Waals surface area contributed by atoms with E-state index in [4.69, 9.17) is 22.1 Å². The number of amides is 2. The van der Waals surface area contributed by atoms with Gasteiger partial charge in [-0.05, 0) is 43.9 Å². The fraction of sp³-hybridized carbons (Fsp3) is 0.421. The van der Waals surface area contributed by atoms with E-state index < -0.39 is 6.03 Å². The summed E-state index contributed by atoms with van der Waals surface area (Å²) >= 11 is 6.25. The van der Waals surface area contributed by atoms with Gasteiger partial charge in [-0.15, -0.1) is 0 Å². The van der Waals surface area contributed by atoms with E-state index in [1.807, 2.05) is 32.0 Å². The highest BCUT2D eigenvalue weighted by Gasteiger charge is 2.10. The van der Waals surface area contributed by atoms with Crippen molar-refractivity contribution in [3.63, 3.8) is 0 Å². The molecule has 26 heavy (non-hydrogen) atoms. The Bertz CT molecular complexity index is 808. The van der Waals surface area contributed by atoms with Gasteiger partial charge in [0.05, 0.1) is 5.52 Å². The number of benzene rings is 1. The van der Waals surface area contributed by atoms with Crippen LogP contribution in [0.1, 0.15) is 42.4 Å². The number of nitrogens with one attached hydrogen (secondary N) is 1. The molecular formula is C19H24ClN3O3. The number of esters is 1. The first-order valence-corrected chi connectivity index (χ1v) is 9.00. The summed E-state index contributed by atoms with van der Waals surface area (Å²) in [6, 6.07) is 5.42. The SMILES string of the molecule is Cc1ccc2cc(COC(=O)CCCCCNC(N)=O)c(Cl)nc2c1C. The van der Waals surface area contributed by atoms with E-state index in [1.54, 1.807) is 0 Å². The Hall–Kier alpha value is -2.34. The third-order valence-corrected chi connectivity index (χ3v) is 4.61. The lowest BCUT2D eigenvalue weighted by Gasteiger charge is -2.10. The largest absolute Gasteiger partial charge is 0.461 e. The van der Waals surface area contributed by atoms with Crippen LogP contribution in [0.25, 0.3) is 10.9 Å². The summed E-state index contributed by atoms with van der Waals surface area (Å²) in [6.45, 7) is 4.67. The standard InChI is InChI=1S/C19H24ClN3O3/c1-12-7-8-14-10-15(18(20)23-17(14)13(12)2)11-26-16(24)6-4-3-5-9-22-19(21)25/h7-8,10H,3-6,9,11H2,1-2H3,(H3,21,22,25).